The van der Waals surface area contributed by atoms with E-state index in [1.165, 1.54) is 0 Å². The van der Waals surface area contributed by atoms with Gasteiger partial charge in [0.2, 0.25) is 18.6 Å². The highest BCUT2D eigenvalue weighted by molar-refractivity contribution is 5.93. The van der Waals surface area contributed by atoms with E-state index in [0.29, 0.717) is 18.8 Å². The third kappa shape index (κ3) is 2.45. The Morgan fingerprint density at radius 1 is 1.33 bits per heavy atom. The van der Waals surface area contributed by atoms with E-state index in [2.05, 4.69) is 5.32 Å². The summed E-state index contributed by atoms with van der Waals surface area (Å²) in [5.74, 6) is 0.362. The van der Waals surface area contributed by atoms with Crippen molar-refractivity contribution in [3.8, 4) is 11.5 Å². The van der Waals surface area contributed by atoms with Gasteiger partial charge in [-0.05, 0) is 31.5 Å². The van der Waals surface area contributed by atoms with Crippen molar-refractivity contribution in [3.63, 3.8) is 0 Å². The molecule has 0 unspecified atom stereocenters. The minimum Gasteiger partial charge on any atom is -0.454 e. The molecule has 142 valence electrons. The maximum Gasteiger partial charge on any atom is 0.231 e. The molecule has 1 N–H and O–H groups in total. The second kappa shape index (κ2) is 5.73. The monoisotopic (exact) mass is 370 g/mol. The van der Waals surface area contributed by atoms with Crippen LogP contribution in [-0.2, 0) is 20.9 Å². The van der Waals surface area contributed by atoms with Gasteiger partial charge in [0.25, 0.3) is 0 Å². The Morgan fingerprint density at radius 3 is 2.96 bits per heavy atom. The lowest BCUT2D eigenvalue weighted by Gasteiger charge is -2.24. The summed E-state index contributed by atoms with van der Waals surface area (Å²) in [5.41, 5.74) is 0.280. The van der Waals surface area contributed by atoms with Crippen LogP contribution in [0.1, 0.15) is 19.4 Å². The largest absolute Gasteiger partial charge is 0.454 e. The molecule has 7 nitrogen and oxygen atoms in total. The van der Waals surface area contributed by atoms with Crippen molar-refractivity contribution in [2.24, 2.45) is 11.8 Å². The van der Waals surface area contributed by atoms with Gasteiger partial charge in [0.15, 0.2) is 11.5 Å². The first kappa shape index (κ1) is 16.6. The summed E-state index contributed by atoms with van der Waals surface area (Å²) in [7, 11) is 0. The van der Waals surface area contributed by atoms with Crippen LogP contribution in [0.25, 0.3) is 0 Å². The van der Waals surface area contributed by atoms with Crippen LogP contribution in [0, 0.1) is 11.8 Å². The first-order valence-electron chi connectivity index (χ1n) is 9.32. The lowest BCUT2D eigenvalue weighted by molar-refractivity contribution is -0.138. The standard InChI is InChI=1S/C20H22N2O5/c1-11(2)21-18(23)16-14-5-6-20(27-14)9-22(19(24)17(16)20)8-12-3-4-13-15(7-12)26-10-25-13/h3-7,11,14,16-17H,8-10H2,1-2H3,(H,21,23)/t14-,16-,17+,20-/m0/s1. The Hall–Kier alpha value is -2.54. The number of benzene rings is 1. The molecule has 2 amide bonds. The zero-order valence-electron chi connectivity index (χ0n) is 15.3. The number of nitrogens with one attached hydrogen (secondary N) is 1. The molecule has 2 bridgehead atoms. The number of nitrogens with zero attached hydrogens (tertiary/aromatic N) is 1. The third-order valence-corrected chi connectivity index (χ3v) is 5.72. The maximum absolute atomic E-state index is 13.2. The maximum atomic E-state index is 13.2. The van der Waals surface area contributed by atoms with E-state index < -0.39 is 17.4 Å². The first-order valence-corrected chi connectivity index (χ1v) is 9.32. The van der Waals surface area contributed by atoms with Crippen LogP contribution in [0.3, 0.4) is 0 Å². The molecule has 7 heteroatoms. The fourth-order valence-electron chi connectivity index (χ4n) is 4.65. The van der Waals surface area contributed by atoms with Crippen molar-refractivity contribution < 1.29 is 23.8 Å². The van der Waals surface area contributed by atoms with Crippen LogP contribution in [0.5, 0.6) is 11.5 Å². The number of amides is 2. The summed E-state index contributed by atoms with van der Waals surface area (Å²) in [6.07, 6.45) is 3.59. The quantitative estimate of drug-likeness (QED) is 0.807. The average Bonchev–Trinajstić information content (AvgIpc) is 3.35. The molecular formula is C20H22N2O5. The van der Waals surface area contributed by atoms with E-state index in [9.17, 15) is 9.59 Å². The summed E-state index contributed by atoms with van der Waals surface area (Å²) in [5, 5.41) is 2.94. The molecule has 1 aromatic rings. The second-order valence-corrected chi connectivity index (χ2v) is 7.95. The minimum atomic E-state index is -0.683. The van der Waals surface area contributed by atoms with E-state index in [-0.39, 0.29) is 30.8 Å². The van der Waals surface area contributed by atoms with Crippen LogP contribution in [-0.4, -0.2) is 47.8 Å². The van der Waals surface area contributed by atoms with Gasteiger partial charge in [-0.25, -0.2) is 0 Å². The zero-order valence-corrected chi connectivity index (χ0v) is 15.3. The molecular weight excluding hydrogens is 348 g/mol. The number of rotatable bonds is 4. The van der Waals surface area contributed by atoms with Gasteiger partial charge in [-0.15, -0.1) is 0 Å². The Labute approximate surface area is 157 Å². The van der Waals surface area contributed by atoms with Crippen LogP contribution >= 0.6 is 0 Å². The molecule has 1 spiro atoms. The number of likely N-dealkylation sites (tertiary alicyclic amines) is 1. The van der Waals surface area contributed by atoms with Gasteiger partial charge in [-0.2, -0.15) is 0 Å². The van der Waals surface area contributed by atoms with Gasteiger partial charge in [-0.3, -0.25) is 9.59 Å². The summed E-state index contributed by atoms with van der Waals surface area (Å²) in [6, 6.07) is 5.72. The van der Waals surface area contributed by atoms with Gasteiger partial charge in [0.05, 0.1) is 24.5 Å². The van der Waals surface area contributed by atoms with E-state index in [1.54, 1.807) is 4.90 Å². The van der Waals surface area contributed by atoms with E-state index >= 15 is 0 Å². The Balaban J connectivity index is 1.38. The van der Waals surface area contributed by atoms with Gasteiger partial charge in [-0.1, -0.05) is 18.2 Å². The third-order valence-electron chi connectivity index (χ3n) is 5.72. The van der Waals surface area contributed by atoms with Crippen molar-refractivity contribution in [1.29, 1.82) is 0 Å². The summed E-state index contributed by atoms with van der Waals surface area (Å²) >= 11 is 0. The van der Waals surface area contributed by atoms with Crippen molar-refractivity contribution in [3.05, 3.63) is 35.9 Å². The van der Waals surface area contributed by atoms with Crippen LogP contribution in [0.2, 0.25) is 0 Å². The minimum absolute atomic E-state index is 0.0246. The van der Waals surface area contributed by atoms with E-state index in [4.69, 9.17) is 14.2 Å². The number of ether oxygens (including phenoxy) is 3. The Kier molecular flexibility index (Phi) is 3.53. The zero-order chi connectivity index (χ0) is 18.8. The first-order chi connectivity index (χ1) is 13.0. The molecule has 0 radical (unpaired) electrons. The summed E-state index contributed by atoms with van der Waals surface area (Å²) in [6.45, 7) is 4.97. The Bertz CT molecular complexity index is 851. The van der Waals surface area contributed by atoms with Gasteiger partial charge < -0.3 is 24.4 Å². The van der Waals surface area contributed by atoms with Crippen LogP contribution < -0.4 is 14.8 Å². The fourth-order valence-corrected chi connectivity index (χ4v) is 4.65. The molecule has 4 aliphatic heterocycles. The number of fused-ring (bicyclic) bond motifs is 2. The van der Waals surface area contributed by atoms with Crippen molar-refractivity contribution in [1.82, 2.24) is 10.2 Å². The predicted octanol–water partition coefficient (Wildman–Crippen LogP) is 1.22. The van der Waals surface area contributed by atoms with Crippen LogP contribution in [0.15, 0.2) is 30.4 Å². The molecule has 27 heavy (non-hydrogen) atoms. The van der Waals surface area contributed by atoms with Crippen molar-refractivity contribution >= 4 is 11.8 Å². The number of carbonyl (C=O) groups excluding carboxylic acids is 2. The molecule has 2 saturated heterocycles. The number of hydrogen-bond donors (Lipinski definition) is 1. The SMILES string of the molecule is CC(C)NC(=O)[C@H]1[C@@H]2C=C[C@@]3(CN(Cc4ccc5c(c4)OCO5)C(=O)[C@@H]13)O2. The van der Waals surface area contributed by atoms with Gasteiger partial charge >= 0.3 is 0 Å². The molecule has 4 aliphatic rings. The van der Waals surface area contributed by atoms with Crippen LogP contribution in [0.4, 0.5) is 0 Å². The predicted molar refractivity (Wildman–Crippen MR) is 95.0 cm³/mol. The number of hydrogen-bond acceptors (Lipinski definition) is 5. The van der Waals surface area contributed by atoms with E-state index in [1.807, 2.05) is 44.2 Å². The highest BCUT2D eigenvalue weighted by Crippen LogP contribution is 2.52. The fraction of sp³-hybridized carbons (Fsp3) is 0.500. The van der Waals surface area contributed by atoms with Gasteiger partial charge in [0, 0.05) is 12.6 Å². The molecule has 1 aromatic carbocycles. The van der Waals surface area contributed by atoms with Gasteiger partial charge in [0.1, 0.15) is 5.60 Å². The smallest absolute Gasteiger partial charge is 0.231 e. The second-order valence-electron chi connectivity index (χ2n) is 7.95. The highest BCUT2D eigenvalue weighted by Gasteiger charge is 2.66. The molecule has 5 rings (SSSR count). The van der Waals surface area contributed by atoms with Crippen molar-refractivity contribution in [2.75, 3.05) is 13.3 Å². The average molecular weight is 370 g/mol. The highest BCUT2D eigenvalue weighted by atomic mass is 16.7. The van der Waals surface area contributed by atoms with E-state index in [0.717, 1.165) is 11.3 Å². The molecule has 0 aliphatic carbocycles. The van der Waals surface area contributed by atoms with Crippen molar-refractivity contribution in [2.45, 2.75) is 38.1 Å². The molecule has 2 fully saturated rings. The molecule has 0 aromatic heterocycles. The normalized spacial score (nSPS) is 32.5. The summed E-state index contributed by atoms with van der Waals surface area (Å²) < 4.78 is 16.9. The molecule has 0 saturated carbocycles. The molecule has 4 atom stereocenters. The summed E-state index contributed by atoms with van der Waals surface area (Å²) in [4.78, 5) is 27.7. The lowest BCUT2D eigenvalue weighted by Crippen LogP contribution is -2.45. The molecule has 4 heterocycles. The lowest BCUT2D eigenvalue weighted by atomic mass is 9.76. The topological polar surface area (TPSA) is 77.1 Å². The Morgan fingerprint density at radius 2 is 2.15 bits per heavy atom. The number of carbonyl (C=O) groups is 2.